The number of nitrogens with one attached hydrogen (secondary N) is 2. The fourth-order valence-electron chi connectivity index (χ4n) is 1.55. The highest BCUT2D eigenvalue weighted by Crippen LogP contribution is 2.09. The van der Waals surface area contributed by atoms with Crippen molar-refractivity contribution in [3.05, 3.63) is 30.3 Å². The molecule has 0 spiro atoms. The highest BCUT2D eigenvalue weighted by atomic mass is 16.6. The van der Waals surface area contributed by atoms with E-state index in [9.17, 15) is 4.79 Å². The lowest BCUT2D eigenvalue weighted by Crippen LogP contribution is -2.29. The van der Waals surface area contributed by atoms with Gasteiger partial charge in [0.25, 0.3) is 0 Å². The van der Waals surface area contributed by atoms with Crippen LogP contribution in [0.1, 0.15) is 12.8 Å². The molecule has 1 aromatic rings. The van der Waals surface area contributed by atoms with Crippen molar-refractivity contribution in [3.63, 3.8) is 0 Å². The summed E-state index contributed by atoms with van der Waals surface area (Å²) in [4.78, 5) is 11.4. The van der Waals surface area contributed by atoms with Crippen LogP contribution < -0.4 is 10.6 Å². The SMILES string of the molecule is O=C(Nc1ccccc1)OC1CCCN1. The summed E-state index contributed by atoms with van der Waals surface area (Å²) in [5, 5.41) is 5.76. The quantitative estimate of drug-likeness (QED) is 0.777. The van der Waals surface area contributed by atoms with Gasteiger partial charge >= 0.3 is 6.09 Å². The van der Waals surface area contributed by atoms with Crippen molar-refractivity contribution in [1.29, 1.82) is 0 Å². The van der Waals surface area contributed by atoms with Crippen molar-refractivity contribution in [2.75, 3.05) is 11.9 Å². The molecule has 4 heteroatoms. The van der Waals surface area contributed by atoms with E-state index >= 15 is 0 Å². The van der Waals surface area contributed by atoms with Gasteiger partial charge in [0.05, 0.1) is 0 Å². The summed E-state index contributed by atoms with van der Waals surface area (Å²) < 4.78 is 5.15. The van der Waals surface area contributed by atoms with Gasteiger partial charge in [-0.2, -0.15) is 0 Å². The number of hydrogen-bond acceptors (Lipinski definition) is 3. The van der Waals surface area contributed by atoms with Gasteiger partial charge in [-0.15, -0.1) is 0 Å². The summed E-state index contributed by atoms with van der Waals surface area (Å²) in [6.07, 6.45) is 1.42. The molecule has 1 atom stereocenters. The molecule has 0 bridgehead atoms. The van der Waals surface area contributed by atoms with Crippen molar-refractivity contribution in [2.45, 2.75) is 19.1 Å². The first-order valence-electron chi connectivity index (χ1n) is 5.11. The molecule has 1 heterocycles. The van der Waals surface area contributed by atoms with Crippen LogP contribution in [-0.2, 0) is 4.74 Å². The highest BCUT2D eigenvalue weighted by Gasteiger charge is 2.17. The second-order valence-electron chi connectivity index (χ2n) is 3.48. The van der Waals surface area contributed by atoms with Gasteiger partial charge in [0, 0.05) is 5.69 Å². The Hall–Kier alpha value is -1.55. The zero-order valence-corrected chi connectivity index (χ0v) is 8.40. The summed E-state index contributed by atoms with van der Waals surface area (Å²) in [7, 11) is 0. The average Bonchev–Trinajstić information content (AvgIpc) is 2.71. The lowest BCUT2D eigenvalue weighted by molar-refractivity contribution is 0.102. The van der Waals surface area contributed by atoms with E-state index in [0.29, 0.717) is 0 Å². The Morgan fingerprint density at radius 2 is 2.20 bits per heavy atom. The maximum absolute atomic E-state index is 11.4. The molecule has 0 radical (unpaired) electrons. The van der Waals surface area contributed by atoms with Crippen LogP contribution in [0.5, 0.6) is 0 Å². The molecule has 1 aromatic carbocycles. The number of carbonyl (C=O) groups excluding carboxylic acids is 1. The molecule has 1 aliphatic heterocycles. The molecule has 1 saturated heterocycles. The summed E-state index contributed by atoms with van der Waals surface area (Å²) in [6, 6.07) is 9.27. The van der Waals surface area contributed by atoms with Crippen molar-refractivity contribution < 1.29 is 9.53 Å². The lowest BCUT2D eigenvalue weighted by atomic mass is 10.3. The minimum atomic E-state index is -0.402. The number of anilines is 1. The number of amides is 1. The molecule has 2 rings (SSSR count). The number of hydrogen-bond donors (Lipinski definition) is 2. The van der Waals surface area contributed by atoms with Crippen LogP contribution in [0.3, 0.4) is 0 Å². The van der Waals surface area contributed by atoms with E-state index < -0.39 is 6.09 Å². The number of rotatable bonds is 2. The Labute approximate surface area is 88.6 Å². The first-order chi connectivity index (χ1) is 7.34. The monoisotopic (exact) mass is 206 g/mol. The number of ether oxygens (including phenoxy) is 1. The first kappa shape index (κ1) is 9.98. The molecule has 0 aliphatic carbocycles. The normalized spacial score (nSPS) is 19.9. The Bertz CT molecular complexity index is 321. The highest BCUT2D eigenvalue weighted by molar-refractivity contribution is 5.84. The smallest absolute Gasteiger partial charge is 0.413 e. The maximum atomic E-state index is 11.4. The van der Waals surface area contributed by atoms with Crippen LogP contribution in [0.2, 0.25) is 0 Å². The first-order valence-corrected chi connectivity index (χ1v) is 5.11. The van der Waals surface area contributed by atoms with E-state index in [1.54, 1.807) is 0 Å². The van der Waals surface area contributed by atoms with Crippen LogP contribution in [0, 0.1) is 0 Å². The predicted octanol–water partition coefficient (Wildman–Crippen LogP) is 1.94. The molecule has 1 amide bonds. The average molecular weight is 206 g/mol. The maximum Gasteiger partial charge on any atom is 0.413 e. The van der Waals surface area contributed by atoms with Crippen molar-refractivity contribution >= 4 is 11.8 Å². The number of para-hydroxylation sites is 1. The second kappa shape index (κ2) is 4.79. The summed E-state index contributed by atoms with van der Waals surface area (Å²) in [5.74, 6) is 0. The van der Waals surface area contributed by atoms with Crippen LogP contribution in [0.15, 0.2) is 30.3 Å². The zero-order valence-electron chi connectivity index (χ0n) is 8.40. The van der Waals surface area contributed by atoms with E-state index in [2.05, 4.69) is 10.6 Å². The van der Waals surface area contributed by atoms with Crippen LogP contribution in [-0.4, -0.2) is 18.9 Å². The third kappa shape index (κ3) is 2.95. The van der Waals surface area contributed by atoms with Gasteiger partial charge in [-0.25, -0.2) is 4.79 Å². The fraction of sp³-hybridized carbons (Fsp3) is 0.364. The molecule has 0 aromatic heterocycles. The van der Waals surface area contributed by atoms with Crippen LogP contribution in [0.25, 0.3) is 0 Å². The second-order valence-corrected chi connectivity index (χ2v) is 3.48. The fourth-order valence-corrected chi connectivity index (χ4v) is 1.55. The van der Waals surface area contributed by atoms with Gasteiger partial charge in [0.1, 0.15) is 0 Å². The van der Waals surface area contributed by atoms with E-state index in [-0.39, 0.29) is 6.23 Å². The number of carbonyl (C=O) groups is 1. The molecule has 80 valence electrons. The topological polar surface area (TPSA) is 50.4 Å². The Morgan fingerprint density at radius 3 is 2.87 bits per heavy atom. The van der Waals surface area contributed by atoms with E-state index in [0.717, 1.165) is 25.1 Å². The molecule has 0 saturated carbocycles. The molecule has 15 heavy (non-hydrogen) atoms. The lowest BCUT2D eigenvalue weighted by Gasteiger charge is -2.12. The van der Waals surface area contributed by atoms with Crippen LogP contribution >= 0.6 is 0 Å². The van der Waals surface area contributed by atoms with Gasteiger partial charge < -0.3 is 4.74 Å². The van der Waals surface area contributed by atoms with Crippen molar-refractivity contribution in [2.24, 2.45) is 0 Å². The molecule has 1 fully saturated rings. The Kier molecular flexibility index (Phi) is 3.19. The standard InChI is InChI=1S/C11H14N2O2/c14-11(15-10-7-4-8-12-10)13-9-5-2-1-3-6-9/h1-3,5-6,10,12H,4,7-8H2,(H,13,14). The van der Waals surface area contributed by atoms with E-state index in [1.165, 1.54) is 0 Å². The largest absolute Gasteiger partial charge is 0.430 e. The Morgan fingerprint density at radius 1 is 1.40 bits per heavy atom. The van der Waals surface area contributed by atoms with Gasteiger partial charge in [0.2, 0.25) is 0 Å². The van der Waals surface area contributed by atoms with Gasteiger partial charge in [-0.1, -0.05) is 18.2 Å². The Balaban J connectivity index is 1.82. The molecule has 1 aliphatic rings. The molecule has 1 unspecified atom stereocenters. The summed E-state index contributed by atoms with van der Waals surface area (Å²) in [5.41, 5.74) is 0.750. The van der Waals surface area contributed by atoms with Crippen molar-refractivity contribution in [3.8, 4) is 0 Å². The van der Waals surface area contributed by atoms with E-state index in [1.807, 2.05) is 30.3 Å². The van der Waals surface area contributed by atoms with Crippen LogP contribution in [0.4, 0.5) is 10.5 Å². The molecular weight excluding hydrogens is 192 g/mol. The molecule has 2 N–H and O–H groups in total. The van der Waals surface area contributed by atoms with Gasteiger partial charge in [0.15, 0.2) is 6.23 Å². The van der Waals surface area contributed by atoms with E-state index in [4.69, 9.17) is 4.74 Å². The van der Waals surface area contributed by atoms with Crippen molar-refractivity contribution in [1.82, 2.24) is 5.32 Å². The number of benzene rings is 1. The molecular formula is C11H14N2O2. The van der Waals surface area contributed by atoms with Gasteiger partial charge in [-0.05, 0) is 31.5 Å². The third-order valence-corrected chi connectivity index (χ3v) is 2.28. The zero-order chi connectivity index (χ0) is 10.5. The van der Waals surface area contributed by atoms with Gasteiger partial charge in [-0.3, -0.25) is 10.6 Å². The minimum absolute atomic E-state index is 0.131. The summed E-state index contributed by atoms with van der Waals surface area (Å²) in [6.45, 7) is 0.920. The summed E-state index contributed by atoms with van der Waals surface area (Å²) >= 11 is 0. The predicted molar refractivity (Wildman–Crippen MR) is 57.6 cm³/mol. The minimum Gasteiger partial charge on any atom is -0.430 e. The molecule has 4 nitrogen and oxygen atoms in total. The third-order valence-electron chi connectivity index (χ3n) is 2.28.